The third-order valence-electron chi connectivity index (χ3n) is 7.07. The number of fused-ring (bicyclic) bond motifs is 1. The van der Waals surface area contributed by atoms with Gasteiger partial charge in [0, 0.05) is 19.1 Å². The molecular formula is C28H33F6N7O2. The van der Waals surface area contributed by atoms with Gasteiger partial charge in [0.1, 0.15) is 0 Å². The maximum Gasteiger partial charge on any atom is 0.416 e. The number of benzene rings is 2. The van der Waals surface area contributed by atoms with Crippen molar-refractivity contribution in [3.63, 3.8) is 0 Å². The highest BCUT2D eigenvalue weighted by Gasteiger charge is 2.41. The average molecular weight is 614 g/mol. The first-order chi connectivity index (χ1) is 20.1. The summed E-state index contributed by atoms with van der Waals surface area (Å²) in [6, 6.07) is 5.80. The number of ether oxygens (including phenoxy) is 1. The van der Waals surface area contributed by atoms with Gasteiger partial charge in [-0.1, -0.05) is 29.7 Å². The lowest BCUT2D eigenvalue weighted by Gasteiger charge is -2.44. The highest BCUT2D eigenvalue weighted by molar-refractivity contribution is 5.90. The Balaban J connectivity index is 1.89. The number of halogens is 6. The number of nitrogens with two attached hydrogens (primary N) is 1. The van der Waals surface area contributed by atoms with Gasteiger partial charge in [-0.05, 0) is 74.2 Å². The largest absolute Gasteiger partial charge is 0.446 e. The Labute approximate surface area is 244 Å². The molecule has 1 aromatic heterocycles. The number of carbonyl (C=O) groups is 1. The lowest BCUT2D eigenvalue weighted by atomic mass is 9.87. The van der Waals surface area contributed by atoms with Crippen molar-refractivity contribution >= 4 is 17.7 Å². The van der Waals surface area contributed by atoms with Gasteiger partial charge in [0.2, 0.25) is 0 Å². The first-order valence-corrected chi connectivity index (χ1v) is 13.8. The molecule has 0 unspecified atom stereocenters. The van der Waals surface area contributed by atoms with Crippen LogP contribution in [-0.4, -0.2) is 45.0 Å². The van der Waals surface area contributed by atoms with Crippen molar-refractivity contribution in [1.82, 2.24) is 20.2 Å². The Bertz CT molecular complexity index is 1410. The van der Waals surface area contributed by atoms with Crippen LogP contribution in [0.5, 0.6) is 0 Å². The Hall–Kier alpha value is -3.88. The summed E-state index contributed by atoms with van der Waals surface area (Å²) in [5.74, 6) is -0.00932. The van der Waals surface area contributed by atoms with Gasteiger partial charge in [-0.15, -0.1) is 5.10 Å². The van der Waals surface area contributed by atoms with Crippen LogP contribution in [0.1, 0.15) is 67.5 Å². The minimum Gasteiger partial charge on any atom is -0.446 e. The maximum absolute atomic E-state index is 13.7. The normalized spacial score (nSPS) is 17.3. The monoisotopic (exact) mass is 613 g/mol. The number of aryl methyl sites for hydroxylation is 1. The number of aromatic nitrogens is 4. The summed E-state index contributed by atoms with van der Waals surface area (Å²) in [5, 5.41) is 12.4. The summed E-state index contributed by atoms with van der Waals surface area (Å²) in [7, 11) is 0. The van der Waals surface area contributed by atoms with Crippen LogP contribution in [0, 0.1) is 6.92 Å². The van der Waals surface area contributed by atoms with Gasteiger partial charge in [0.25, 0.3) is 5.95 Å². The Morgan fingerprint density at radius 1 is 1.09 bits per heavy atom. The minimum atomic E-state index is -5.01. The number of tetrazole rings is 1. The van der Waals surface area contributed by atoms with Crippen molar-refractivity contribution < 1.29 is 35.9 Å². The predicted molar refractivity (Wildman–Crippen MR) is 146 cm³/mol. The van der Waals surface area contributed by atoms with Gasteiger partial charge in [-0.2, -0.15) is 31.1 Å². The SMILES string of the molecule is CC[C@@H]1C[C@H](N(Cc2cc(C(F)(F)F)cc(C(F)(F)F)c2)c2nnn(CCN)n2)c2cc(C)ccc2N1C(=O)OC(C)C. The third kappa shape index (κ3) is 7.20. The van der Waals surface area contributed by atoms with E-state index in [1.54, 1.807) is 24.8 Å². The van der Waals surface area contributed by atoms with Crippen LogP contribution >= 0.6 is 0 Å². The highest BCUT2D eigenvalue weighted by Crippen LogP contribution is 2.44. The number of rotatable bonds is 8. The molecule has 2 N–H and O–H groups in total. The summed E-state index contributed by atoms with van der Waals surface area (Å²) >= 11 is 0. The maximum atomic E-state index is 13.7. The van der Waals surface area contributed by atoms with Gasteiger partial charge in [0.05, 0.1) is 35.5 Å². The molecule has 2 atom stereocenters. The van der Waals surface area contributed by atoms with E-state index in [1.165, 1.54) is 9.70 Å². The first-order valence-electron chi connectivity index (χ1n) is 13.8. The second kappa shape index (κ2) is 12.4. The molecule has 2 heterocycles. The molecule has 15 heteroatoms. The van der Waals surface area contributed by atoms with Crippen LogP contribution in [0.4, 0.5) is 42.8 Å². The van der Waals surface area contributed by atoms with Crippen LogP contribution in [0.3, 0.4) is 0 Å². The summed E-state index contributed by atoms with van der Waals surface area (Å²) in [6.45, 7) is 7.12. The fourth-order valence-electron chi connectivity index (χ4n) is 5.18. The fraction of sp³-hybridized carbons (Fsp3) is 0.500. The van der Waals surface area contributed by atoms with E-state index >= 15 is 0 Å². The molecule has 0 saturated heterocycles. The molecule has 4 rings (SSSR count). The van der Waals surface area contributed by atoms with Crippen molar-refractivity contribution in [2.45, 2.75) is 84.2 Å². The van der Waals surface area contributed by atoms with Crippen LogP contribution in [0.25, 0.3) is 0 Å². The smallest absolute Gasteiger partial charge is 0.416 e. The van der Waals surface area contributed by atoms with Gasteiger partial charge in [-0.3, -0.25) is 4.90 Å². The third-order valence-corrected chi connectivity index (χ3v) is 7.07. The molecule has 0 aliphatic carbocycles. The molecule has 2 aromatic carbocycles. The molecule has 9 nitrogen and oxygen atoms in total. The Morgan fingerprint density at radius 3 is 2.30 bits per heavy atom. The molecule has 0 saturated carbocycles. The summed E-state index contributed by atoms with van der Waals surface area (Å²) in [4.78, 5) is 17.5. The number of hydrogen-bond donors (Lipinski definition) is 1. The molecule has 1 aliphatic heterocycles. The number of carbonyl (C=O) groups excluding carboxylic acids is 1. The molecular weight excluding hydrogens is 580 g/mol. The van der Waals surface area contributed by atoms with E-state index in [0.29, 0.717) is 29.8 Å². The van der Waals surface area contributed by atoms with Gasteiger partial charge >= 0.3 is 18.4 Å². The van der Waals surface area contributed by atoms with E-state index in [1.807, 2.05) is 26.0 Å². The first kappa shape index (κ1) is 32.0. The van der Waals surface area contributed by atoms with E-state index in [4.69, 9.17) is 10.5 Å². The van der Waals surface area contributed by atoms with Crippen LogP contribution in [0.15, 0.2) is 36.4 Å². The van der Waals surface area contributed by atoms with Crippen molar-refractivity contribution in [3.8, 4) is 0 Å². The number of alkyl halides is 6. The Morgan fingerprint density at radius 2 is 1.74 bits per heavy atom. The summed E-state index contributed by atoms with van der Waals surface area (Å²) < 4.78 is 87.8. The molecule has 0 radical (unpaired) electrons. The number of anilines is 2. The van der Waals surface area contributed by atoms with E-state index < -0.39 is 54.3 Å². The Kier molecular flexibility index (Phi) is 9.23. The van der Waals surface area contributed by atoms with Crippen molar-refractivity contribution in [3.05, 3.63) is 64.2 Å². The molecule has 0 fully saturated rings. The standard InChI is InChI=1S/C28H33F6N7O2/c1-5-21-14-24(22-10-17(4)6-7-23(22)41(21)26(42)43-16(2)3)39(25-36-38-40(37-25)9-8-35)15-18-11-19(27(29,30)31)13-20(12-18)28(32,33)34/h6-7,10-13,16,21,24H,5,8-9,14-15,35H2,1-4H3/t21-,24+/m1/s1. The number of hydrogen-bond acceptors (Lipinski definition) is 7. The zero-order valence-corrected chi connectivity index (χ0v) is 24.1. The van der Waals surface area contributed by atoms with Crippen molar-refractivity contribution in [2.75, 3.05) is 16.3 Å². The second-order valence-corrected chi connectivity index (χ2v) is 10.7. The van der Waals surface area contributed by atoms with E-state index in [0.717, 1.165) is 5.56 Å². The molecule has 3 aromatic rings. The number of amides is 1. The second-order valence-electron chi connectivity index (χ2n) is 10.7. The van der Waals surface area contributed by atoms with Gasteiger partial charge < -0.3 is 15.4 Å². The number of nitrogens with zero attached hydrogens (tertiary/aromatic N) is 6. The molecule has 43 heavy (non-hydrogen) atoms. The van der Waals surface area contributed by atoms with Crippen LogP contribution in [-0.2, 0) is 30.2 Å². The lowest BCUT2D eigenvalue weighted by Crippen LogP contribution is -2.48. The lowest BCUT2D eigenvalue weighted by molar-refractivity contribution is -0.143. The highest BCUT2D eigenvalue weighted by atomic mass is 19.4. The van der Waals surface area contributed by atoms with Crippen molar-refractivity contribution in [1.29, 1.82) is 0 Å². The fourth-order valence-corrected chi connectivity index (χ4v) is 5.18. The van der Waals surface area contributed by atoms with E-state index in [2.05, 4.69) is 15.4 Å². The quantitative estimate of drug-likeness (QED) is 0.299. The zero-order valence-electron chi connectivity index (χ0n) is 24.1. The van der Waals surface area contributed by atoms with Crippen LogP contribution < -0.4 is 15.5 Å². The summed E-state index contributed by atoms with van der Waals surface area (Å²) in [6.07, 6.45) is -10.2. The predicted octanol–water partition coefficient (Wildman–Crippen LogP) is 6.26. The topological polar surface area (TPSA) is 102 Å². The molecule has 1 amide bonds. The molecule has 1 aliphatic rings. The van der Waals surface area contributed by atoms with Gasteiger partial charge in [-0.25, -0.2) is 4.79 Å². The van der Waals surface area contributed by atoms with Crippen molar-refractivity contribution in [2.24, 2.45) is 5.73 Å². The van der Waals surface area contributed by atoms with Crippen LogP contribution in [0.2, 0.25) is 0 Å². The minimum absolute atomic E-state index is 0.00932. The van der Waals surface area contributed by atoms with Gasteiger partial charge in [0.15, 0.2) is 0 Å². The summed E-state index contributed by atoms with van der Waals surface area (Å²) in [5.41, 5.74) is 4.47. The average Bonchev–Trinajstić information content (AvgIpc) is 3.38. The molecule has 0 spiro atoms. The van der Waals surface area contributed by atoms with E-state index in [-0.39, 0.29) is 37.1 Å². The zero-order chi connectivity index (χ0) is 31.7. The molecule has 0 bridgehead atoms. The van der Waals surface area contributed by atoms with E-state index in [9.17, 15) is 31.1 Å². The molecule has 234 valence electrons.